The van der Waals surface area contributed by atoms with E-state index in [1.165, 1.54) is 26.2 Å². The zero-order valence-electron chi connectivity index (χ0n) is 27.1. The number of hydrogen-bond acceptors (Lipinski definition) is 14. The first-order chi connectivity index (χ1) is 22.9. The number of nitrogen functional groups attached to an aromatic ring is 1. The molecule has 1 aromatic carbocycles. The Hall–Kier alpha value is -4.37. The summed E-state index contributed by atoms with van der Waals surface area (Å²) < 4.78 is 41.8. The van der Waals surface area contributed by atoms with Crippen LogP contribution in [0.15, 0.2) is 28.7 Å². The first-order valence-electron chi connectivity index (χ1n) is 15.3. The fraction of sp³-hybridized carbons (Fsp3) is 0.517. The van der Waals surface area contributed by atoms with Crippen LogP contribution in [0.5, 0.6) is 5.75 Å². The minimum atomic E-state index is -5.03. The van der Waals surface area contributed by atoms with Gasteiger partial charge in [0.1, 0.15) is 23.3 Å². The molecule has 2 saturated heterocycles. The van der Waals surface area contributed by atoms with Gasteiger partial charge in [-0.1, -0.05) is 5.16 Å². The maximum atomic E-state index is 13.5. The average Bonchev–Trinajstić information content (AvgIpc) is 3.46. The van der Waals surface area contributed by atoms with Crippen molar-refractivity contribution in [2.45, 2.75) is 88.7 Å². The molecule has 0 saturated carbocycles. The number of oxime groups is 1. The fourth-order valence-corrected chi connectivity index (χ4v) is 6.88. The number of ether oxygens (including phenoxy) is 1. The van der Waals surface area contributed by atoms with Crippen LogP contribution >= 0.6 is 11.3 Å². The van der Waals surface area contributed by atoms with E-state index in [4.69, 9.17) is 25.3 Å². The number of amidine groups is 1. The van der Waals surface area contributed by atoms with Gasteiger partial charge in [-0.25, -0.2) is 9.78 Å². The lowest BCUT2D eigenvalue weighted by molar-refractivity contribution is -0.218. The van der Waals surface area contributed by atoms with Crippen LogP contribution in [-0.4, -0.2) is 99.4 Å². The van der Waals surface area contributed by atoms with Crippen molar-refractivity contribution < 1.29 is 46.3 Å². The molecule has 3 aliphatic rings. The van der Waals surface area contributed by atoms with E-state index in [9.17, 15) is 27.9 Å². The normalized spacial score (nSPS) is 24.8. The van der Waals surface area contributed by atoms with E-state index < -0.39 is 57.2 Å². The quantitative estimate of drug-likeness (QED) is 0.0550. The molecule has 2 fully saturated rings. The van der Waals surface area contributed by atoms with Gasteiger partial charge >= 0.3 is 16.4 Å². The van der Waals surface area contributed by atoms with E-state index in [1.54, 1.807) is 12.1 Å². The van der Waals surface area contributed by atoms with Gasteiger partial charge in [0.15, 0.2) is 16.9 Å². The SMILES string of the molecule is C[C@H]1C[C@@H](NC(=N)c2ccc3c(c2)CC[C@H](C(C)(O/N=C(\C(=O)N[C@@H]2C(=O)N(OS(=O)(=O)O)C2(C)C)c2csc(N)n2)C(=O)O)O3)CCN1. The van der Waals surface area contributed by atoms with E-state index in [2.05, 4.69) is 37.3 Å². The molecule has 1 unspecified atom stereocenters. The lowest BCUT2D eigenvalue weighted by Crippen LogP contribution is -2.76. The topological polar surface area (TPSA) is 268 Å². The zero-order valence-corrected chi connectivity index (χ0v) is 28.7. The van der Waals surface area contributed by atoms with Crippen molar-refractivity contribution in [1.29, 1.82) is 5.41 Å². The molecular formula is C29H38N8O10S2. The number of hydrogen-bond donors (Lipinski definition) is 7. The first kappa shape index (κ1) is 35.9. The molecule has 0 spiro atoms. The number of nitrogens with zero attached hydrogens (tertiary/aromatic N) is 3. The third-order valence-corrected chi connectivity index (χ3v) is 9.74. The molecule has 49 heavy (non-hydrogen) atoms. The second kappa shape index (κ2) is 13.5. The van der Waals surface area contributed by atoms with Crippen molar-refractivity contribution in [1.82, 2.24) is 26.0 Å². The number of thiazole rings is 1. The van der Waals surface area contributed by atoms with Gasteiger partial charge in [-0.15, -0.1) is 15.6 Å². The lowest BCUT2D eigenvalue weighted by Gasteiger charge is -2.50. The molecule has 5 atom stereocenters. The number of nitrogens with one attached hydrogen (secondary N) is 4. The molecule has 2 aromatic rings. The monoisotopic (exact) mass is 722 g/mol. The third-order valence-electron chi connectivity index (χ3n) is 8.73. The Balaban J connectivity index is 1.32. The number of anilines is 1. The highest BCUT2D eigenvalue weighted by Crippen LogP contribution is 2.35. The van der Waals surface area contributed by atoms with Crippen LogP contribution in [-0.2, 0) is 40.3 Å². The highest BCUT2D eigenvalue weighted by atomic mass is 32.3. The minimum absolute atomic E-state index is 0.0597. The summed E-state index contributed by atoms with van der Waals surface area (Å²) in [6.45, 7) is 6.96. The summed E-state index contributed by atoms with van der Waals surface area (Å²) >= 11 is 0.966. The van der Waals surface area contributed by atoms with Crippen molar-refractivity contribution in [3.8, 4) is 5.75 Å². The molecule has 0 bridgehead atoms. The number of rotatable bonds is 11. The smallest absolute Gasteiger partial charge is 0.418 e. The number of carboxylic acid groups (broad SMARTS) is 1. The number of fused-ring (bicyclic) bond motifs is 1. The number of hydroxylamine groups is 2. The van der Waals surface area contributed by atoms with Crippen molar-refractivity contribution in [3.63, 3.8) is 0 Å². The van der Waals surface area contributed by atoms with Gasteiger partial charge in [0.05, 0.1) is 5.54 Å². The van der Waals surface area contributed by atoms with E-state index in [1.807, 2.05) is 6.07 Å². The van der Waals surface area contributed by atoms with Crippen molar-refractivity contribution in [2.75, 3.05) is 12.3 Å². The van der Waals surface area contributed by atoms with Crippen LogP contribution in [0.2, 0.25) is 0 Å². The first-order valence-corrected chi connectivity index (χ1v) is 17.5. The van der Waals surface area contributed by atoms with Gasteiger partial charge in [-0.2, -0.15) is 13.5 Å². The predicted octanol–water partition coefficient (Wildman–Crippen LogP) is 0.579. The molecule has 4 heterocycles. The number of benzene rings is 1. The summed E-state index contributed by atoms with van der Waals surface area (Å²) in [6, 6.07) is 4.43. The van der Waals surface area contributed by atoms with Gasteiger partial charge in [-0.05, 0) is 83.7 Å². The molecule has 20 heteroatoms. The summed E-state index contributed by atoms with van der Waals surface area (Å²) in [5.74, 6) is -2.75. The summed E-state index contributed by atoms with van der Waals surface area (Å²) in [7, 11) is -5.03. The van der Waals surface area contributed by atoms with Gasteiger partial charge in [0, 0.05) is 23.0 Å². The maximum Gasteiger partial charge on any atom is 0.418 e. The van der Waals surface area contributed by atoms with Crippen LogP contribution in [0.25, 0.3) is 0 Å². The highest BCUT2D eigenvalue weighted by molar-refractivity contribution is 7.80. The summed E-state index contributed by atoms with van der Waals surface area (Å²) in [5, 5.41) is 33.7. The van der Waals surface area contributed by atoms with Crippen LogP contribution < -0.4 is 26.4 Å². The zero-order chi connectivity index (χ0) is 35.9. The molecule has 0 aliphatic carbocycles. The van der Waals surface area contributed by atoms with E-state index in [0.29, 0.717) is 28.8 Å². The van der Waals surface area contributed by atoms with E-state index in [-0.39, 0.29) is 29.1 Å². The predicted molar refractivity (Wildman–Crippen MR) is 175 cm³/mol. The molecule has 2 amide bonds. The number of aromatic nitrogens is 1. The number of aliphatic carboxylic acids is 1. The number of carbonyl (C=O) groups excluding carboxylic acids is 2. The largest absolute Gasteiger partial charge is 0.485 e. The number of amides is 2. The van der Waals surface area contributed by atoms with Crippen LogP contribution in [0, 0.1) is 5.41 Å². The Kier molecular flexibility index (Phi) is 9.90. The number of nitrogens with two attached hydrogens (primary N) is 1. The summed E-state index contributed by atoms with van der Waals surface area (Å²) in [6.07, 6.45) is 1.33. The maximum absolute atomic E-state index is 13.5. The van der Waals surface area contributed by atoms with Crippen molar-refractivity contribution >= 4 is 56.2 Å². The van der Waals surface area contributed by atoms with Gasteiger partial charge in [-0.3, -0.25) is 19.6 Å². The standard InChI is InChI=1S/C29H38N8O10S2/c1-14-11-17(9-10-32-14)33-23(30)16-5-7-19-15(12-16)6-8-20(45-19)29(4,26(40)41)46-36-21(18-13-48-27(31)34-18)24(38)35-22-25(39)37(28(22,2)3)47-49(42,43)44/h5,7,12-14,17,20,22,32H,6,8-11H2,1-4H3,(H2,30,33)(H2,31,34)(H,35,38)(H,40,41)(H,42,43,44)/b36-21-/t14-,17-,20+,22+,29?/m0/s1. The van der Waals surface area contributed by atoms with Gasteiger partial charge in [0.25, 0.3) is 17.4 Å². The third kappa shape index (κ3) is 7.62. The van der Waals surface area contributed by atoms with E-state index >= 15 is 0 Å². The van der Waals surface area contributed by atoms with Crippen molar-refractivity contribution in [2.24, 2.45) is 5.16 Å². The Morgan fingerprint density at radius 2 is 2.04 bits per heavy atom. The van der Waals surface area contributed by atoms with Gasteiger partial charge in [0.2, 0.25) is 0 Å². The molecule has 266 valence electrons. The summed E-state index contributed by atoms with van der Waals surface area (Å²) in [4.78, 5) is 48.3. The summed E-state index contributed by atoms with van der Waals surface area (Å²) in [5.41, 5.74) is 3.06. The fourth-order valence-electron chi connectivity index (χ4n) is 5.88. The molecule has 1 aromatic heterocycles. The van der Waals surface area contributed by atoms with Crippen LogP contribution in [0.3, 0.4) is 0 Å². The molecule has 3 aliphatic heterocycles. The number of carbonyl (C=O) groups is 3. The molecule has 0 radical (unpaired) electrons. The van der Waals surface area contributed by atoms with E-state index in [0.717, 1.165) is 36.3 Å². The minimum Gasteiger partial charge on any atom is -0.485 e. The molecule has 5 rings (SSSR count). The Labute approximate surface area is 285 Å². The Morgan fingerprint density at radius 1 is 1.31 bits per heavy atom. The van der Waals surface area contributed by atoms with Crippen LogP contribution in [0.4, 0.5) is 5.13 Å². The van der Waals surface area contributed by atoms with Gasteiger partial charge < -0.3 is 36.4 Å². The number of β-lactam (4-membered cyclic amide) rings is 1. The number of carboxylic acids is 1. The second-order valence-electron chi connectivity index (χ2n) is 12.8. The Morgan fingerprint density at radius 3 is 2.65 bits per heavy atom. The second-order valence-corrected chi connectivity index (χ2v) is 14.7. The molecule has 18 nitrogen and oxygen atoms in total. The average molecular weight is 723 g/mol. The number of piperidine rings is 1. The molecular weight excluding hydrogens is 684 g/mol. The number of aryl methyl sites for hydroxylation is 1. The van der Waals surface area contributed by atoms with Crippen LogP contribution in [0.1, 0.15) is 63.8 Å². The lowest BCUT2D eigenvalue weighted by atomic mass is 9.84. The Bertz CT molecular complexity index is 1800. The highest BCUT2D eigenvalue weighted by Gasteiger charge is 2.58. The molecule has 8 N–H and O–H groups in total. The van der Waals surface area contributed by atoms with Crippen molar-refractivity contribution in [3.05, 3.63) is 40.4 Å².